The van der Waals surface area contributed by atoms with Crippen molar-refractivity contribution in [2.75, 3.05) is 5.32 Å². The minimum absolute atomic E-state index is 0.000833. The van der Waals surface area contributed by atoms with Gasteiger partial charge in [-0.15, -0.1) is 0 Å². The fourth-order valence-electron chi connectivity index (χ4n) is 0.646. The summed E-state index contributed by atoms with van der Waals surface area (Å²) in [6.45, 7) is 0. The molecule has 0 saturated heterocycles. The highest BCUT2D eigenvalue weighted by atomic mass is 32.1. The predicted octanol–water partition coefficient (Wildman–Crippen LogP) is 0.578. The van der Waals surface area contributed by atoms with Crippen molar-refractivity contribution >= 4 is 28.9 Å². The molecule has 0 radical (unpaired) electrons. The molecule has 64 valence electrons. The standard InChI is InChI=1S/C6H9N5S/c7-5(8)11-6(9)10-4-1-2-12-3-4/h1-3H,(H6,7,8,9,10,11). The Hall–Kier alpha value is -1.56. The van der Waals surface area contributed by atoms with E-state index in [2.05, 4.69) is 10.6 Å². The van der Waals surface area contributed by atoms with Crippen molar-refractivity contribution in [3.63, 3.8) is 0 Å². The Labute approximate surface area is 73.6 Å². The van der Waals surface area contributed by atoms with E-state index >= 15 is 0 Å². The molecule has 0 saturated carbocycles. The Morgan fingerprint density at radius 2 is 2.25 bits per heavy atom. The zero-order valence-electron chi connectivity index (χ0n) is 6.22. The molecule has 0 aliphatic rings. The first-order chi connectivity index (χ1) is 5.68. The smallest absolute Gasteiger partial charge is 0.199 e. The number of anilines is 1. The largest absolute Gasteiger partial charge is 0.370 e. The molecule has 0 unspecified atom stereocenters. The minimum Gasteiger partial charge on any atom is -0.370 e. The Bertz CT molecular complexity index is 278. The molecule has 0 spiro atoms. The van der Waals surface area contributed by atoms with Gasteiger partial charge in [0.1, 0.15) is 0 Å². The van der Waals surface area contributed by atoms with Crippen molar-refractivity contribution in [2.24, 2.45) is 5.73 Å². The van der Waals surface area contributed by atoms with Crippen molar-refractivity contribution in [3.8, 4) is 0 Å². The SMILES string of the molecule is N=C(N)NC(=N)Nc1ccsc1. The summed E-state index contributed by atoms with van der Waals surface area (Å²) in [5.41, 5.74) is 5.83. The summed E-state index contributed by atoms with van der Waals surface area (Å²) < 4.78 is 0. The van der Waals surface area contributed by atoms with Crippen molar-refractivity contribution in [1.82, 2.24) is 5.32 Å². The first kappa shape index (κ1) is 8.54. The third-order valence-electron chi connectivity index (χ3n) is 1.05. The molecule has 1 heterocycles. The first-order valence-corrected chi connectivity index (χ1v) is 4.11. The van der Waals surface area contributed by atoms with Crippen LogP contribution in [0.4, 0.5) is 5.69 Å². The van der Waals surface area contributed by atoms with Crippen LogP contribution >= 0.6 is 11.3 Å². The molecule has 0 aromatic carbocycles. The van der Waals surface area contributed by atoms with Crippen LogP contribution in [0.15, 0.2) is 16.8 Å². The maximum Gasteiger partial charge on any atom is 0.199 e. The van der Waals surface area contributed by atoms with E-state index in [1.165, 1.54) is 11.3 Å². The van der Waals surface area contributed by atoms with E-state index in [1.54, 1.807) is 0 Å². The lowest BCUT2D eigenvalue weighted by atomic mass is 10.5. The average molecular weight is 183 g/mol. The fourth-order valence-corrected chi connectivity index (χ4v) is 1.23. The molecule has 6 heteroatoms. The zero-order chi connectivity index (χ0) is 8.97. The molecule has 6 N–H and O–H groups in total. The molecule has 0 aliphatic carbocycles. The predicted molar refractivity (Wildman–Crippen MR) is 50.7 cm³/mol. The second-order valence-electron chi connectivity index (χ2n) is 2.05. The van der Waals surface area contributed by atoms with Gasteiger partial charge in [-0.2, -0.15) is 11.3 Å². The molecule has 1 aromatic rings. The Morgan fingerprint density at radius 3 is 2.75 bits per heavy atom. The third kappa shape index (κ3) is 2.59. The summed E-state index contributed by atoms with van der Waals surface area (Å²) in [5, 5.41) is 22.9. The van der Waals surface area contributed by atoms with Crippen LogP contribution in [0.3, 0.4) is 0 Å². The van der Waals surface area contributed by atoms with Gasteiger partial charge in [-0.25, -0.2) is 0 Å². The molecule has 0 fully saturated rings. The van der Waals surface area contributed by atoms with Crippen LogP contribution in [-0.4, -0.2) is 11.9 Å². The quantitative estimate of drug-likeness (QED) is 0.325. The van der Waals surface area contributed by atoms with Gasteiger partial charge in [-0.05, 0) is 11.4 Å². The maximum atomic E-state index is 7.26. The van der Waals surface area contributed by atoms with Gasteiger partial charge in [-0.1, -0.05) is 0 Å². The number of guanidine groups is 2. The van der Waals surface area contributed by atoms with Gasteiger partial charge in [0, 0.05) is 5.38 Å². The van der Waals surface area contributed by atoms with Crippen LogP contribution in [0, 0.1) is 10.8 Å². The third-order valence-corrected chi connectivity index (χ3v) is 1.73. The van der Waals surface area contributed by atoms with Crippen molar-refractivity contribution in [2.45, 2.75) is 0 Å². The lowest BCUT2D eigenvalue weighted by Gasteiger charge is -2.05. The number of hydrogen-bond donors (Lipinski definition) is 5. The van der Waals surface area contributed by atoms with E-state index in [9.17, 15) is 0 Å². The van der Waals surface area contributed by atoms with Gasteiger partial charge in [0.2, 0.25) is 0 Å². The minimum atomic E-state index is -0.247. The van der Waals surface area contributed by atoms with Crippen LogP contribution in [0.2, 0.25) is 0 Å². The topological polar surface area (TPSA) is 97.8 Å². The molecule has 0 atom stereocenters. The summed E-state index contributed by atoms with van der Waals surface area (Å²) >= 11 is 1.53. The van der Waals surface area contributed by atoms with Crippen molar-refractivity contribution < 1.29 is 0 Å². The van der Waals surface area contributed by atoms with Gasteiger partial charge >= 0.3 is 0 Å². The van der Waals surface area contributed by atoms with Gasteiger partial charge in [0.05, 0.1) is 5.69 Å². The Balaban J connectivity index is 2.42. The number of hydrogen-bond acceptors (Lipinski definition) is 3. The van der Waals surface area contributed by atoms with Crippen LogP contribution in [0.25, 0.3) is 0 Å². The monoisotopic (exact) mass is 183 g/mol. The second-order valence-corrected chi connectivity index (χ2v) is 2.83. The average Bonchev–Trinajstić information content (AvgIpc) is 2.37. The highest BCUT2D eigenvalue weighted by Crippen LogP contribution is 2.10. The normalized spacial score (nSPS) is 9.00. The number of nitrogens with one attached hydrogen (secondary N) is 4. The van der Waals surface area contributed by atoms with Crippen LogP contribution in [0.1, 0.15) is 0 Å². The first-order valence-electron chi connectivity index (χ1n) is 3.17. The van der Waals surface area contributed by atoms with Crippen LogP contribution < -0.4 is 16.4 Å². The molecule has 0 amide bonds. The van der Waals surface area contributed by atoms with Crippen LogP contribution in [0.5, 0.6) is 0 Å². The second kappa shape index (κ2) is 3.72. The highest BCUT2D eigenvalue weighted by Gasteiger charge is 1.97. The molecule has 0 aliphatic heterocycles. The molecule has 12 heavy (non-hydrogen) atoms. The lowest BCUT2D eigenvalue weighted by molar-refractivity contribution is 1.20. The van der Waals surface area contributed by atoms with Gasteiger partial charge < -0.3 is 11.1 Å². The lowest BCUT2D eigenvalue weighted by Crippen LogP contribution is -2.39. The van der Waals surface area contributed by atoms with E-state index in [4.69, 9.17) is 16.6 Å². The van der Waals surface area contributed by atoms with E-state index in [-0.39, 0.29) is 11.9 Å². The summed E-state index contributed by atoms with van der Waals surface area (Å²) in [4.78, 5) is 0. The summed E-state index contributed by atoms with van der Waals surface area (Å²) in [6, 6.07) is 1.83. The van der Waals surface area contributed by atoms with Gasteiger partial charge in [-0.3, -0.25) is 16.1 Å². The number of rotatable bonds is 1. The zero-order valence-corrected chi connectivity index (χ0v) is 7.03. The molecule has 5 nitrogen and oxygen atoms in total. The Kier molecular flexibility index (Phi) is 2.65. The van der Waals surface area contributed by atoms with Gasteiger partial charge in [0.15, 0.2) is 11.9 Å². The van der Waals surface area contributed by atoms with Crippen molar-refractivity contribution in [1.29, 1.82) is 10.8 Å². The molecular formula is C6H9N5S. The van der Waals surface area contributed by atoms with Crippen LogP contribution in [-0.2, 0) is 0 Å². The maximum absolute atomic E-state index is 7.26. The van der Waals surface area contributed by atoms with E-state index in [0.29, 0.717) is 0 Å². The molecule has 1 aromatic heterocycles. The number of thiophene rings is 1. The molecular weight excluding hydrogens is 174 g/mol. The molecule has 1 rings (SSSR count). The summed E-state index contributed by atoms with van der Waals surface area (Å²) in [5.74, 6) is -0.247. The summed E-state index contributed by atoms with van der Waals surface area (Å²) in [7, 11) is 0. The summed E-state index contributed by atoms with van der Waals surface area (Å²) in [6.07, 6.45) is 0. The van der Waals surface area contributed by atoms with E-state index in [0.717, 1.165) is 5.69 Å². The van der Waals surface area contributed by atoms with Gasteiger partial charge in [0.25, 0.3) is 0 Å². The number of nitrogens with two attached hydrogens (primary N) is 1. The fraction of sp³-hybridized carbons (Fsp3) is 0. The molecule has 0 bridgehead atoms. The Morgan fingerprint density at radius 1 is 1.50 bits per heavy atom. The highest BCUT2D eigenvalue weighted by molar-refractivity contribution is 7.08. The van der Waals surface area contributed by atoms with Crippen molar-refractivity contribution in [3.05, 3.63) is 16.8 Å². The van der Waals surface area contributed by atoms with E-state index < -0.39 is 0 Å². The van der Waals surface area contributed by atoms with E-state index in [1.807, 2.05) is 16.8 Å².